The number of amides is 2. The Morgan fingerprint density at radius 3 is 2.20 bits per heavy atom. The highest BCUT2D eigenvalue weighted by atomic mass is 16.2. The van der Waals surface area contributed by atoms with E-state index < -0.39 is 0 Å². The fraction of sp³-hybridized carbons (Fsp3) is 0.867. The van der Waals surface area contributed by atoms with E-state index in [1.165, 1.54) is 4.90 Å². The van der Waals surface area contributed by atoms with E-state index in [1.54, 1.807) is 19.0 Å². The van der Waals surface area contributed by atoms with Crippen molar-refractivity contribution in [2.45, 2.75) is 52.5 Å². The molecular weight excluding hydrogens is 254 g/mol. The Bertz CT molecular complexity index is 303. The van der Waals surface area contributed by atoms with Crippen LogP contribution in [-0.4, -0.2) is 54.8 Å². The molecule has 0 bridgehead atoms. The van der Waals surface area contributed by atoms with E-state index >= 15 is 0 Å². The van der Waals surface area contributed by atoms with Gasteiger partial charge in [-0.25, -0.2) is 0 Å². The number of nitrogens with two attached hydrogens (primary N) is 1. The molecule has 0 radical (unpaired) electrons. The van der Waals surface area contributed by atoms with Gasteiger partial charge >= 0.3 is 0 Å². The second-order valence-corrected chi connectivity index (χ2v) is 5.86. The predicted molar refractivity (Wildman–Crippen MR) is 82.2 cm³/mol. The first kappa shape index (κ1) is 18.9. The van der Waals surface area contributed by atoms with Crippen LogP contribution in [0.15, 0.2) is 0 Å². The van der Waals surface area contributed by atoms with Crippen LogP contribution in [0.5, 0.6) is 0 Å². The van der Waals surface area contributed by atoms with Gasteiger partial charge in [0.2, 0.25) is 11.8 Å². The third-order valence-electron chi connectivity index (χ3n) is 3.35. The largest absolute Gasteiger partial charge is 0.347 e. The molecule has 2 unspecified atom stereocenters. The summed E-state index contributed by atoms with van der Waals surface area (Å²) in [5.74, 6) is -0.00318. The van der Waals surface area contributed by atoms with Crippen LogP contribution in [0.3, 0.4) is 0 Å². The van der Waals surface area contributed by atoms with Crippen molar-refractivity contribution in [2.24, 2.45) is 11.7 Å². The van der Waals surface area contributed by atoms with E-state index in [9.17, 15) is 9.59 Å². The molecule has 0 aromatic rings. The van der Waals surface area contributed by atoms with E-state index in [0.29, 0.717) is 6.54 Å². The number of likely N-dealkylation sites (N-methyl/N-ethyl adjacent to an activating group) is 1. The molecule has 2 atom stereocenters. The van der Waals surface area contributed by atoms with E-state index in [4.69, 9.17) is 5.73 Å². The summed E-state index contributed by atoms with van der Waals surface area (Å²) in [7, 11) is 3.42. The standard InChI is InChI=1S/C15H31N3O2/c1-6-10-18(11-14(19)17(4)5)15(20)12(2)8-7-9-13(3)16/h12-13H,6-11,16H2,1-5H3. The van der Waals surface area contributed by atoms with Crippen LogP contribution >= 0.6 is 0 Å². The van der Waals surface area contributed by atoms with Crippen molar-refractivity contribution < 1.29 is 9.59 Å². The van der Waals surface area contributed by atoms with Gasteiger partial charge in [0.25, 0.3) is 0 Å². The fourth-order valence-electron chi connectivity index (χ4n) is 2.02. The summed E-state index contributed by atoms with van der Waals surface area (Å²) in [6.07, 6.45) is 3.57. The minimum atomic E-state index is -0.0461. The highest BCUT2D eigenvalue weighted by Gasteiger charge is 2.22. The van der Waals surface area contributed by atoms with Gasteiger partial charge in [-0.1, -0.05) is 20.3 Å². The highest BCUT2D eigenvalue weighted by molar-refractivity contribution is 5.85. The first-order chi connectivity index (χ1) is 9.29. The monoisotopic (exact) mass is 285 g/mol. The Morgan fingerprint density at radius 2 is 1.75 bits per heavy atom. The lowest BCUT2D eigenvalue weighted by atomic mass is 10.0. The normalized spacial score (nSPS) is 13.7. The maximum Gasteiger partial charge on any atom is 0.241 e. The molecule has 0 aliphatic carbocycles. The Kier molecular flexibility index (Phi) is 9.21. The Balaban J connectivity index is 4.42. The summed E-state index contributed by atoms with van der Waals surface area (Å²) in [5.41, 5.74) is 5.72. The summed E-state index contributed by atoms with van der Waals surface area (Å²) >= 11 is 0. The van der Waals surface area contributed by atoms with Crippen molar-refractivity contribution in [3.05, 3.63) is 0 Å². The SMILES string of the molecule is CCCN(CC(=O)N(C)C)C(=O)C(C)CCCC(C)N. The Hall–Kier alpha value is -1.10. The molecule has 0 aromatic carbocycles. The minimum Gasteiger partial charge on any atom is -0.347 e. The molecule has 0 saturated heterocycles. The number of carbonyl (C=O) groups excluding carboxylic acids is 2. The van der Waals surface area contributed by atoms with E-state index in [0.717, 1.165) is 25.7 Å². The van der Waals surface area contributed by atoms with Gasteiger partial charge in [0.1, 0.15) is 0 Å². The van der Waals surface area contributed by atoms with Gasteiger partial charge < -0.3 is 15.5 Å². The zero-order valence-corrected chi connectivity index (χ0v) is 13.7. The van der Waals surface area contributed by atoms with Gasteiger partial charge in [0.15, 0.2) is 0 Å². The molecule has 0 heterocycles. The molecule has 0 rings (SSSR count). The first-order valence-corrected chi connectivity index (χ1v) is 7.54. The molecule has 0 aliphatic heterocycles. The van der Waals surface area contributed by atoms with Gasteiger partial charge in [0.05, 0.1) is 6.54 Å². The number of carbonyl (C=O) groups is 2. The molecule has 0 fully saturated rings. The molecule has 20 heavy (non-hydrogen) atoms. The average Bonchev–Trinajstić information content (AvgIpc) is 2.36. The topological polar surface area (TPSA) is 66.6 Å². The minimum absolute atomic E-state index is 0.0328. The number of hydrogen-bond acceptors (Lipinski definition) is 3. The van der Waals surface area contributed by atoms with Crippen LogP contribution in [-0.2, 0) is 9.59 Å². The molecule has 2 amide bonds. The van der Waals surface area contributed by atoms with Crippen LogP contribution < -0.4 is 5.73 Å². The van der Waals surface area contributed by atoms with Crippen LogP contribution in [0.4, 0.5) is 0 Å². The third-order valence-corrected chi connectivity index (χ3v) is 3.35. The molecule has 0 saturated carbocycles. The van der Waals surface area contributed by atoms with E-state index in [1.807, 2.05) is 20.8 Å². The molecule has 0 aromatic heterocycles. The molecule has 5 heteroatoms. The average molecular weight is 285 g/mol. The summed E-state index contributed by atoms with van der Waals surface area (Å²) in [4.78, 5) is 27.4. The maximum atomic E-state index is 12.4. The number of hydrogen-bond donors (Lipinski definition) is 1. The molecule has 118 valence electrons. The molecule has 2 N–H and O–H groups in total. The van der Waals surface area contributed by atoms with Crippen molar-refractivity contribution in [1.29, 1.82) is 0 Å². The van der Waals surface area contributed by atoms with Crippen LogP contribution in [0.25, 0.3) is 0 Å². The predicted octanol–water partition coefficient (Wildman–Crippen LogP) is 1.47. The summed E-state index contributed by atoms with van der Waals surface area (Å²) < 4.78 is 0. The van der Waals surface area contributed by atoms with Crippen molar-refractivity contribution in [1.82, 2.24) is 9.80 Å². The smallest absolute Gasteiger partial charge is 0.241 e. The fourth-order valence-corrected chi connectivity index (χ4v) is 2.02. The van der Waals surface area contributed by atoms with E-state index in [-0.39, 0.29) is 30.3 Å². The van der Waals surface area contributed by atoms with Crippen LogP contribution in [0.2, 0.25) is 0 Å². The van der Waals surface area contributed by atoms with Crippen molar-refractivity contribution in [3.63, 3.8) is 0 Å². The first-order valence-electron chi connectivity index (χ1n) is 7.54. The zero-order valence-electron chi connectivity index (χ0n) is 13.7. The van der Waals surface area contributed by atoms with Crippen molar-refractivity contribution in [3.8, 4) is 0 Å². The van der Waals surface area contributed by atoms with Crippen molar-refractivity contribution in [2.75, 3.05) is 27.2 Å². The van der Waals surface area contributed by atoms with Gasteiger partial charge in [-0.2, -0.15) is 0 Å². The van der Waals surface area contributed by atoms with Crippen LogP contribution in [0.1, 0.15) is 46.5 Å². The van der Waals surface area contributed by atoms with E-state index in [2.05, 4.69) is 0 Å². The summed E-state index contributed by atoms with van der Waals surface area (Å²) in [6.45, 7) is 6.74. The lowest BCUT2D eigenvalue weighted by molar-refractivity contribution is -0.141. The molecule has 5 nitrogen and oxygen atoms in total. The summed E-state index contributed by atoms with van der Waals surface area (Å²) in [6, 6.07) is 0.180. The number of rotatable bonds is 9. The maximum absolute atomic E-state index is 12.4. The van der Waals surface area contributed by atoms with Gasteiger partial charge in [-0.05, 0) is 26.2 Å². The molecular formula is C15H31N3O2. The van der Waals surface area contributed by atoms with Crippen molar-refractivity contribution >= 4 is 11.8 Å². The van der Waals surface area contributed by atoms with Gasteiger partial charge in [-0.3, -0.25) is 9.59 Å². The molecule has 0 aliphatic rings. The lowest BCUT2D eigenvalue weighted by Crippen LogP contribution is -2.42. The Morgan fingerprint density at radius 1 is 1.15 bits per heavy atom. The second kappa shape index (κ2) is 9.75. The van der Waals surface area contributed by atoms with Gasteiger partial charge in [0, 0.05) is 32.6 Å². The highest BCUT2D eigenvalue weighted by Crippen LogP contribution is 2.13. The quantitative estimate of drug-likeness (QED) is 0.697. The van der Waals surface area contributed by atoms with Crippen LogP contribution in [0, 0.1) is 5.92 Å². The lowest BCUT2D eigenvalue weighted by Gasteiger charge is -2.26. The third kappa shape index (κ3) is 7.48. The number of nitrogens with zero attached hydrogens (tertiary/aromatic N) is 2. The second-order valence-electron chi connectivity index (χ2n) is 5.86. The van der Waals surface area contributed by atoms with Gasteiger partial charge in [-0.15, -0.1) is 0 Å². The zero-order chi connectivity index (χ0) is 15.7. The molecule has 0 spiro atoms. The summed E-state index contributed by atoms with van der Waals surface area (Å²) in [5, 5.41) is 0. The Labute approximate surface area is 123 Å².